The molecule has 1 aromatic carbocycles. The zero-order chi connectivity index (χ0) is 10.4. The third-order valence-electron chi connectivity index (χ3n) is 1.71. The molecule has 0 radical (unpaired) electrons. The Hall–Kier alpha value is -1.69. The monoisotopic (exact) mass is 193 g/mol. The number of hydrogen-bond donors (Lipinski definition) is 1. The summed E-state index contributed by atoms with van der Waals surface area (Å²) in [5.41, 5.74) is 0.700. The van der Waals surface area contributed by atoms with Crippen molar-refractivity contribution in [2.45, 2.75) is 6.92 Å². The number of benzene rings is 1. The molecular formula is C11H12FNO. The van der Waals surface area contributed by atoms with Gasteiger partial charge in [-0.1, -0.05) is 5.92 Å². The van der Waals surface area contributed by atoms with Gasteiger partial charge in [-0.2, -0.15) is 0 Å². The first kappa shape index (κ1) is 10.4. The lowest BCUT2D eigenvalue weighted by Gasteiger charge is -2.05. The molecule has 0 saturated carbocycles. The second kappa shape index (κ2) is 5.13. The highest BCUT2D eigenvalue weighted by Crippen LogP contribution is 2.20. The lowest BCUT2D eigenvalue weighted by Crippen LogP contribution is -1.99. The summed E-state index contributed by atoms with van der Waals surface area (Å²) >= 11 is 0. The number of methoxy groups -OCH3 is 1. The molecule has 0 heterocycles. The van der Waals surface area contributed by atoms with Crippen LogP contribution in [0.3, 0.4) is 0 Å². The Morgan fingerprint density at radius 1 is 1.50 bits per heavy atom. The maximum absolute atomic E-state index is 13.2. The first-order valence-electron chi connectivity index (χ1n) is 4.25. The lowest BCUT2D eigenvalue weighted by molar-refractivity contribution is 0.386. The van der Waals surface area contributed by atoms with Gasteiger partial charge in [0.1, 0.15) is 0 Å². The molecule has 0 atom stereocenters. The maximum atomic E-state index is 13.2. The highest BCUT2D eigenvalue weighted by atomic mass is 19.1. The van der Waals surface area contributed by atoms with E-state index in [0.717, 1.165) is 0 Å². The molecule has 1 rings (SSSR count). The van der Waals surface area contributed by atoms with Crippen LogP contribution < -0.4 is 10.1 Å². The first-order chi connectivity index (χ1) is 6.77. The fraction of sp³-hybridized carbons (Fsp3) is 0.273. The molecule has 0 saturated heterocycles. The molecule has 3 heteroatoms. The summed E-state index contributed by atoms with van der Waals surface area (Å²) in [6.45, 7) is 2.28. The molecule has 0 aliphatic carbocycles. The standard InChI is InChI=1S/C11H12FNO/c1-3-4-7-13-9-5-6-11(14-2)10(12)8-9/h5-6,8,13H,7H2,1-2H3. The maximum Gasteiger partial charge on any atom is 0.167 e. The van der Waals surface area contributed by atoms with Crippen molar-refractivity contribution >= 4 is 5.69 Å². The van der Waals surface area contributed by atoms with Gasteiger partial charge in [0.25, 0.3) is 0 Å². The average molecular weight is 193 g/mol. The van der Waals surface area contributed by atoms with Gasteiger partial charge in [-0.15, -0.1) is 5.92 Å². The Kier molecular flexibility index (Phi) is 3.81. The predicted molar refractivity (Wildman–Crippen MR) is 54.9 cm³/mol. The minimum absolute atomic E-state index is 0.247. The van der Waals surface area contributed by atoms with E-state index < -0.39 is 0 Å². The van der Waals surface area contributed by atoms with Crippen molar-refractivity contribution in [2.75, 3.05) is 19.0 Å². The molecule has 2 nitrogen and oxygen atoms in total. The van der Waals surface area contributed by atoms with Crippen molar-refractivity contribution < 1.29 is 9.13 Å². The molecule has 74 valence electrons. The summed E-state index contributed by atoms with van der Waals surface area (Å²) in [6, 6.07) is 4.71. The Morgan fingerprint density at radius 3 is 2.86 bits per heavy atom. The van der Waals surface area contributed by atoms with Crippen LogP contribution in [0, 0.1) is 17.7 Å². The molecule has 0 spiro atoms. The van der Waals surface area contributed by atoms with Crippen molar-refractivity contribution in [1.82, 2.24) is 0 Å². The van der Waals surface area contributed by atoms with Gasteiger partial charge in [0.2, 0.25) is 0 Å². The first-order valence-corrected chi connectivity index (χ1v) is 4.25. The van der Waals surface area contributed by atoms with E-state index in [0.29, 0.717) is 12.2 Å². The summed E-state index contributed by atoms with van der Waals surface area (Å²) in [7, 11) is 1.44. The van der Waals surface area contributed by atoms with Crippen LogP contribution in [0.1, 0.15) is 6.92 Å². The van der Waals surface area contributed by atoms with E-state index in [9.17, 15) is 4.39 Å². The SMILES string of the molecule is CC#CCNc1ccc(OC)c(F)c1. The summed E-state index contributed by atoms with van der Waals surface area (Å²) in [6.07, 6.45) is 0. The molecule has 1 N–H and O–H groups in total. The van der Waals surface area contributed by atoms with E-state index in [-0.39, 0.29) is 11.6 Å². The van der Waals surface area contributed by atoms with Gasteiger partial charge in [0, 0.05) is 11.8 Å². The summed E-state index contributed by atoms with van der Waals surface area (Å²) in [4.78, 5) is 0. The molecule has 0 aromatic heterocycles. The van der Waals surface area contributed by atoms with Crippen LogP contribution in [0.4, 0.5) is 10.1 Å². The second-order valence-electron chi connectivity index (χ2n) is 2.63. The average Bonchev–Trinajstić information content (AvgIpc) is 2.18. The smallest absolute Gasteiger partial charge is 0.167 e. The molecule has 0 aliphatic heterocycles. The van der Waals surface area contributed by atoms with E-state index in [1.165, 1.54) is 13.2 Å². The second-order valence-corrected chi connectivity index (χ2v) is 2.63. The van der Waals surface area contributed by atoms with Crippen LogP contribution in [-0.2, 0) is 0 Å². The van der Waals surface area contributed by atoms with Gasteiger partial charge >= 0.3 is 0 Å². The third-order valence-corrected chi connectivity index (χ3v) is 1.71. The minimum atomic E-state index is -0.373. The molecule has 0 amide bonds. The number of halogens is 1. The lowest BCUT2D eigenvalue weighted by atomic mass is 10.3. The molecule has 0 aliphatic rings. The summed E-state index contributed by atoms with van der Waals surface area (Å²) in [5, 5.41) is 2.97. The van der Waals surface area contributed by atoms with E-state index >= 15 is 0 Å². The quantitative estimate of drug-likeness (QED) is 0.743. The number of anilines is 1. The van der Waals surface area contributed by atoms with Crippen molar-refractivity contribution in [3.05, 3.63) is 24.0 Å². The summed E-state index contributed by atoms with van der Waals surface area (Å²) in [5.74, 6) is 5.45. The molecule has 14 heavy (non-hydrogen) atoms. The fourth-order valence-corrected chi connectivity index (χ4v) is 1.01. The van der Waals surface area contributed by atoms with Gasteiger partial charge < -0.3 is 10.1 Å². The Morgan fingerprint density at radius 2 is 2.29 bits per heavy atom. The Labute approximate surface area is 83.1 Å². The molecule has 0 bridgehead atoms. The van der Waals surface area contributed by atoms with Crippen LogP contribution in [0.25, 0.3) is 0 Å². The third kappa shape index (κ3) is 2.67. The molecule has 0 unspecified atom stereocenters. The van der Waals surface area contributed by atoms with Crippen LogP contribution >= 0.6 is 0 Å². The van der Waals surface area contributed by atoms with Crippen molar-refractivity contribution in [3.8, 4) is 17.6 Å². The van der Waals surface area contributed by atoms with Gasteiger partial charge in [-0.3, -0.25) is 0 Å². The molecular weight excluding hydrogens is 181 g/mol. The van der Waals surface area contributed by atoms with Crippen molar-refractivity contribution in [3.63, 3.8) is 0 Å². The van der Waals surface area contributed by atoms with E-state index in [1.807, 2.05) is 0 Å². The van der Waals surface area contributed by atoms with Gasteiger partial charge in [0.15, 0.2) is 11.6 Å². The zero-order valence-corrected chi connectivity index (χ0v) is 8.23. The van der Waals surface area contributed by atoms with E-state index in [4.69, 9.17) is 4.74 Å². The minimum Gasteiger partial charge on any atom is -0.494 e. The topological polar surface area (TPSA) is 21.3 Å². The number of hydrogen-bond acceptors (Lipinski definition) is 2. The van der Waals surface area contributed by atoms with E-state index in [2.05, 4.69) is 17.2 Å². The fourth-order valence-electron chi connectivity index (χ4n) is 1.01. The van der Waals surface area contributed by atoms with Crippen LogP contribution in [0.5, 0.6) is 5.75 Å². The van der Waals surface area contributed by atoms with Crippen LogP contribution in [0.15, 0.2) is 18.2 Å². The number of rotatable bonds is 3. The predicted octanol–water partition coefficient (Wildman–Crippen LogP) is 2.27. The van der Waals surface area contributed by atoms with Crippen LogP contribution in [-0.4, -0.2) is 13.7 Å². The normalized spacial score (nSPS) is 8.79. The largest absolute Gasteiger partial charge is 0.494 e. The summed E-state index contributed by atoms with van der Waals surface area (Å²) < 4.78 is 18.0. The Balaban J connectivity index is 2.69. The Bertz CT molecular complexity index is 365. The van der Waals surface area contributed by atoms with Gasteiger partial charge in [0.05, 0.1) is 13.7 Å². The van der Waals surface area contributed by atoms with Crippen molar-refractivity contribution in [2.24, 2.45) is 0 Å². The highest BCUT2D eigenvalue weighted by molar-refractivity contribution is 5.48. The number of ether oxygens (including phenoxy) is 1. The van der Waals surface area contributed by atoms with Gasteiger partial charge in [-0.05, 0) is 19.1 Å². The molecule has 0 fully saturated rings. The molecule has 1 aromatic rings. The van der Waals surface area contributed by atoms with Crippen molar-refractivity contribution in [1.29, 1.82) is 0 Å². The van der Waals surface area contributed by atoms with Gasteiger partial charge in [-0.25, -0.2) is 4.39 Å². The van der Waals surface area contributed by atoms with Crippen LogP contribution in [0.2, 0.25) is 0 Å². The number of nitrogens with one attached hydrogen (secondary N) is 1. The van der Waals surface area contributed by atoms with E-state index in [1.54, 1.807) is 19.1 Å². The zero-order valence-electron chi connectivity index (χ0n) is 8.23. The highest BCUT2D eigenvalue weighted by Gasteiger charge is 2.01.